The topological polar surface area (TPSA) is 66.8 Å². The number of para-hydroxylation sites is 1. The van der Waals surface area contributed by atoms with E-state index in [0.29, 0.717) is 5.75 Å². The van der Waals surface area contributed by atoms with Gasteiger partial charge in [-0.3, -0.25) is 9.79 Å². The first-order chi connectivity index (χ1) is 9.03. The van der Waals surface area contributed by atoms with E-state index in [0.717, 1.165) is 24.8 Å². The van der Waals surface area contributed by atoms with Crippen molar-refractivity contribution in [2.24, 2.45) is 0 Å². The number of benzene rings is 1. The monoisotopic (exact) mass is 294 g/mol. The Balaban J connectivity index is 0. The van der Waals surface area contributed by atoms with Gasteiger partial charge in [0.1, 0.15) is 5.75 Å². The number of phosphoric acid groups is 1. The van der Waals surface area contributed by atoms with Crippen molar-refractivity contribution >= 4 is 7.82 Å². The van der Waals surface area contributed by atoms with E-state index in [2.05, 4.69) is 6.92 Å². The second-order valence-corrected chi connectivity index (χ2v) is 5.87. The van der Waals surface area contributed by atoms with Gasteiger partial charge in [-0.1, -0.05) is 57.2 Å². The molecule has 0 spiro atoms. The first-order valence-electron chi connectivity index (χ1n) is 6.86. The molecule has 1 aromatic carbocycles. The van der Waals surface area contributed by atoms with Crippen LogP contribution >= 0.6 is 7.82 Å². The second-order valence-electron chi connectivity index (χ2n) is 4.71. The average molecular weight is 294 g/mol. The minimum absolute atomic E-state index is 0. The zero-order valence-electron chi connectivity index (χ0n) is 13.4. The molecular weight excluding hydrogens is 270 g/mol. The number of hydrogen-bond acceptors (Lipinski definition) is 2. The summed E-state index contributed by atoms with van der Waals surface area (Å²) in [6.07, 6.45) is 7.95. The SMILES string of the molecule is CCCCCCCCc1ccccc1OP(=O)(O)O.[H-].[Li+]. The Labute approximate surface area is 134 Å². The van der Waals surface area contributed by atoms with Gasteiger partial charge in [0.25, 0.3) is 0 Å². The zero-order chi connectivity index (χ0) is 14.1. The summed E-state index contributed by atoms with van der Waals surface area (Å²) in [4.78, 5) is 17.7. The molecule has 0 heterocycles. The summed E-state index contributed by atoms with van der Waals surface area (Å²) in [5, 5.41) is 0. The van der Waals surface area contributed by atoms with Crippen molar-refractivity contribution in [2.45, 2.75) is 51.9 Å². The maximum atomic E-state index is 10.9. The Morgan fingerprint density at radius 1 is 1.10 bits per heavy atom. The Bertz CT molecular complexity index is 425. The number of hydrogen-bond donors (Lipinski definition) is 2. The summed E-state index contributed by atoms with van der Waals surface area (Å²) >= 11 is 0. The van der Waals surface area contributed by atoms with Gasteiger partial charge in [0.15, 0.2) is 0 Å². The van der Waals surface area contributed by atoms with Crippen LogP contribution in [-0.2, 0) is 11.0 Å². The maximum Gasteiger partial charge on any atom is 1.00 e. The number of aryl methyl sites for hydroxylation is 1. The minimum atomic E-state index is -4.47. The maximum absolute atomic E-state index is 10.9. The van der Waals surface area contributed by atoms with Gasteiger partial charge in [0.2, 0.25) is 0 Å². The van der Waals surface area contributed by atoms with Crippen LogP contribution in [0.4, 0.5) is 0 Å². The summed E-state index contributed by atoms with van der Waals surface area (Å²) in [5.74, 6) is 0.296. The molecule has 2 N–H and O–H groups in total. The van der Waals surface area contributed by atoms with Crippen LogP contribution in [0, 0.1) is 0 Å². The van der Waals surface area contributed by atoms with Crippen molar-refractivity contribution in [3.05, 3.63) is 29.8 Å². The van der Waals surface area contributed by atoms with Crippen LogP contribution in [-0.4, -0.2) is 9.79 Å². The van der Waals surface area contributed by atoms with E-state index in [1.165, 1.54) is 25.7 Å². The molecule has 1 rings (SSSR count). The molecule has 1 aromatic rings. The quantitative estimate of drug-likeness (QED) is 0.408. The van der Waals surface area contributed by atoms with Gasteiger partial charge in [-0.15, -0.1) is 0 Å². The molecule has 0 aliphatic carbocycles. The molecular formula is C14H24LiO4P. The summed E-state index contributed by atoms with van der Waals surface area (Å²) in [5.41, 5.74) is 0.862. The van der Waals surface area contributed by atoms with Crippen LogP contribution in [0.25, 0.3) is 0 Å². The number of rotatable bonds is 9. The van der Waals surface area contributed by atoms with Crippen LogP contribution in [0.1, 0.15) is 52.4 Å². The largest absolute Gasteiger partial charge is 1.00 e. The van der Waals surface area contributed by atoms with Crippen LogP contribution < -0.4 is 23.4 Å². The zero-order valence-corrected chi connectivity index (χ0v) is 13.3. The van der Waals surface area contributed by atoms with Crippen molar-refractivity contribution in [3.8, 4) is 5.75 Å². The fourth-order valence-corrected chi connectivity index (χ4v) is 2.46. The molecule has 0 unspecified atom stereocenters. The molecule has 6 heteroatoms. The van der Waals surface area contributed by atoms with E-state index in [1.807, 2.05) is 12.1 Å². The molecule has 0 saturated heterocycles. The van der Waals surface area contributed by atoms with Gasteiger partial charge >= 0.3 is 26.7 Å². The number of phosphoric ester groups is 1. The fraction of sp³-hybridized carbons (Fsp3) is 0.571. The van der Waals surface area contributed by atoms with Gasteiger partial charge in [-0.25, -0.2) is 4.57 Å². The second kappa shape index (κ2) is 10.5. The normalized spacial score (nSPS) is 10.9. The molecule has 0 aliphatic heterocycles. The van der Waals surface area contributed by atoms with Gasteiger partial charge < -0.3 is 5.95 Å². The van der Waals surface area contributed by atoms with Crippen LogP contribution in [0.2, 0.25) is 0 Å². The molecule has 110 valence electrons. The van der Waals surface area contributed by atoms with Gasteiger partial charge in [0.05, 0.1) is 0 Å². The van der Waals surface area contributed by atoms with Crippen LogP contribution in [0.3, 0.4) is 0 Å². The van der Waals surface area contributed by atoms with E-state index in [1.54, 1.807) is 12.1 Å². The summed E-state index contributed by atoms with van der Waals surface area (Å²) in [6.45, 7) is 2.19. The molecule has 0 amide bonds. The first kappa shape index (κ1) is 19.8. The molecule has 0 bridgehead atoms. The van der Waals surface area contributed by atoms with Crippen molar-refractivity contribution in [1.82, 2.24) is 0 Å². The van der Waals surface area contributed by atoms with Crippen molar-refractivity contribution in [3.63, 3.8) is 0 Å². The molecule has 0 radical (unpaired) electrons. The van der Waals surface area contributed by atoms with Crippen LogP contribution in [0.15, 0.2) is 24.3 Å². The van der Waals surface area contributed by atoms with E-state index in [-0.39, 0.29) is 20.3 Å². The van der Waals surface area contributed by atoms with E-state index in [4.69, 9.17) is 14.3 Å². The molecule has 0 atom stereocenters. The summed E-state index contributed by atoms with van der Waals surface area (Å²) < 4.78 is 15.6. The van der Waals surface area contributed by atoms with E-state index in [9.17, 15) is 4.57 Å². The van der Waals surface area contributed by atoms with E-state index < -0.39 is 7.82 Å². The summed E-state index contributed by atoms with van der Waals surface area (Å²) in [7, 11) is -4.47. The van der Waals surface area contributed by atoms with E-state index >= 15 is 0 Å². The molecule has 4 nitrogen and oxygen atoms in total. The Hall–Kier alpha value is -0.233. The number of unbranched alkanes of at least 4 members (excludes halogenated alkanes) is 5. The van der Waals surface area contributed by atoms with Gasteiger partial charge in [0, 0.05) is 0 Å². The van der Waals surface area contributed by atoms with Crippen molar-refractivity contribution in [2.75, 3.05) is 0 Å². The molecule has 20 heavy (non-hydrogen) atoms. The smallest absolute Gasteiger partial charge is 1.00 e. The Kier molecular flexibility index (Phi) is 10.4. The molecule has 0 fully saturated rings. The average Bonchev–Trinajstić information content (AvgIpc) is 2.33. The predicted molar refractivity (Wildman–Crippen MR) is 77.3 cm³/mol. The molecule has 0 saturated carbocycles. The third-order valence-electron chi connectivity index (χ3n) is 2.99. The minimum Gasteiger partial charge on any atom is -1.00 e. The fourth-order valence-electron chi connectivity index (χ4n) is 2.02. The first-order valence-corrected chi connectivity index (χ1v) is 8.39. The van der Waals surface area contributed by atoms with Gasteiger partial charge in [-0.2, -0.15) is 0 Å². The summed E-state index contributed by atoms with van der Waals surface area (Å²) in [6, 6.07) is 7.04. The van der Waals surface area contributed by atoms with Gasteiger partial charge in [-0.05, 0) is 24.5 Å². The Morgan fingerprint density at radius 3 is 2.35 bits per heavy atom. The van der Waals surface area contributed by atoms with Crippen LogP contribution in [0.5, 0.6) is 5.75 Å². The third-order valence-corrected chi connectivity index (χ3v) is 3.42. The Morgan fingerprint density at radius 2 is 1.70 bits per heavy atom. The molecule has 0 aliphatic rings. The van der Waals surface area contributed by atoms with Crippen molar-refractivity contribution < 1.29 is 39.2 Å². The standard InChI is InChI=1S/C14H23O4P.Li.H/c1-2-3-4-5-6-7-10-13-11-8-9-12-14(13)18-19(15,16)17;;/h8-9,11-12H,2-7,10H2,1H3,(H2,15,16,17);;/q;+1;-1. The third kappa shape index (κ3) is 8.84. The predicted octanol–water partition coefficient (Wildman–Crippen LogP) is 1.18. The molecule has 0 aromatic heterocycles. The van der Waals surface area contributed by atoms with Crippen molar-refractivity contribution in [1.29, 1.82) is 0 Å².